The van der Waals surface area contributed by atoms with Crippen molar-refractivity contribution in [2.24, 2.45) is 0 Å². The molecular weight excluding hydrogens is 156 g/mol. The SMILES string of the molecule is CCCC(O)c1nnc(CC)o1. The van der Waals surface area contributed by atoms with Crippen LogP contribution in [0.3, 0.4) is 0 Å². The third kappa shape index (κ3) is 2.04. The standard InChI is InChI=1S/C8H14N2O2/c1-3-5-6(11)8-10-9-7(4-2)12-8/h6,11H,3-5H2,1-2H3. The number of hydrogen-bond acceptors (Lipinski definition) is 4. The third-order valence-corrected chi connectivity index (χ3v) is 1.63. The number of aliphatic hydroxyl groups excluding tert-OH is 1. The predicted molar refractivity (Wildman–Crippen MR) is 43.5 cm³/mol. The lowest BCUT2D eigenvalue weighted by Crippen LogP contribution is -1.96. The van der Waals surface area contributed by atoms with E-state index in [1.807, 2.05) is 13.8 Å². The first-order valence-corrected chi connectivity index (χ1v) is 4.28. The minimum Gasteiger partial charge on any atom is -0.422 e. The number of aromatic nitrogens is 2. The number of aryl methyl sites for hydroxylation is 1. The van der Waals surface area contributed by atoms with Gasteiger partial charge in [-0.25, -0.2) is 0 Å². The van der Waals surface area contributed by atoms with Crippen LogP contribution in [-0.2, 0) is 6.42 Å². The smallest absolute Gasteiger partial charge is 0.244 e. The Labute approximate surface area is 71.6 Å². The average Bonchev–Trinajstić information content (AvgIpc) is 2.52. The zero-order chi connectivity index (χ0) is 8.97. The van der Waals surface area contributed by atoms with E-state index in [2.05, 4.69) is 10.2 Å². The van der Waals surface area contributed by atoms with E-state index in [-0.39, 0.29) is 0 Å². The molecule has 0 spiro atoms. The highest BCUT2D eigenvalue weighted by molar-refractivity contribution is 4.85. The molecule has 1 heterocycles. The average molecular weight is 170 g/mol. The Morgan fingerprint density at radius 3 is 2.67 bits per heavy atom. The van der Waals surface area contributed by atoms with Crippen molar-refractivity contribution in [3.05, 3.63) is 11.8 Å². The van der Waals surface area contributed by atoms with Crippen molar-refractivity contribution in [2.45, 2.75) is 39.2 Å². The van der Waals surface area contributed by atoms with Crippen LogP contribution in [0.25, 0.3) is 0 Å². The van der Waals surface area contributed by atoms with Crippen molar-refractivity contribution in [2.75, 3.05) is 0 Å². The Morgan fingerprint density at radius 1 is 1.42 bits per heavy atom. The van der Waals surface area contributed by atoms with Crippen molar-refractivity contribution in [1.82, 2.24) is 10.2 Å². The molecule has 4 heteroatoms. The topological polar surface area (TPSA) is 59.2 Å². The van der Waals surface area contributed by atoms with Gasteiger partial charge in [0, 0.05) is 6.42 Å². The van der Waals surface area contributed by atoms with Gasteiger partial charge in [0.2, 0.25) is 11.8 Å². The number of rotatable bonds is 4. The molecule has 0 saturated heterocycles. The van der Waals surface area contributed by atoms with Crippen LogP contribution >= 0.6 is 0 Å². The molecule has 0 fully saturated rings. The highest BCUT2D eigenvalue weighted by Gasteiger charge is 2.13. The minimum atomic E-state index is -0.595. The summed E-state index contributed by atoms with van der Waals surface area (Å²) in [5.74, 6) is 0.925. The molecule has 1 unspecified atom stereocenters. The summed E-state index contributed by atoms with van der Waals surface area (Å²) >= 11 is 0. The molecule has 68 valence electrons. The predicted octanol–water partition coefficient (Wildman–Crippen LogP) is 1.47. The minimum absolute atomic E-state index is 0.341. The molecule has 0 bridgehead atoms. The molecule has 0 aliphatic heterocycles. The highest BCUT2D eigenvalue weighted by Crippen LogP contribution is 2.16. The van der Waals surface area contributed by atoms with Gasteiger partial charge in [-0.2, -0.15) is 0 Å². The van der Waals surface area contributed by atoms with E-state index >= 15 is 0 Å². The molecule has 1 aromatic rings. The van der Waals surface area contributed by atoms with Gasteiger partial charge in [0.15, 0.2) is 0 Å². The summed E-state index contributed by atoms with van der Waals surface area (Å²) in [5, 5.41) is 16.9. The highest BCUT2D eigenvalue weighted by atomic mass is 16.4. The van der Waals surface area contributed by atoms with E-state index < -0.39 is 6.10 Å². The molecule has 12 heavy (non-hydrogen) atoms. The molecule has 0 saturated carbocycles. The summed E-state index contributed by atoms with van der Waals surface area (Å²) in [6.07, 6.45) is 1.70. The summed E-state index contributed by atoms with van der Waals surface area (Å²) in [6, 6.07) is 0. The molecule has 0 aliphatic carbocycles. The first-order valence-electron chi connectivity index (χ1n) is 4.28. The van der Waals surface area contributed by atoms with Crippen LogP contribution in [0.15, 0.2) is 4.42 Å². The van der Waals surface area contributed by atoms with Crippen molar-refractivity contribution >= 4 is 0 Å². The van der Waals surface area contributed by atoms with Crippen LogP contribution in [0.5, 0.6) is 0 Å². The van der Waals surface area contributed by atoms with Gasteiger partial charge in [-0.15, -0.1) is 10.2 Å². The zero-order valence-corrected chi connectivity index (χ0v) is 7.45. The van der Waals surface area contributed by atoms with E-state index in [1.165, 1.54) is 0 Å². The normalized spacial score (nSPS) is 13.2. The number of aliphatic hydroxyl groups is 1. The van der Waals surface area contributed by atoms with Crippen LogP contribution in [0.1, 0.15) is 44.6 Å². The van der Waals surface area contributed by atoms with Crippen LogP contribution < -0.4 is 0 Å². The Kier molecular flexibility index (Phi) is 3.22. The van der Waals surface area contributed by atoms with Crippen molar-refractivity contribution in [3.8, 4) is 0 Å². The molecular formula is C8H14N2O2. The van der Waals surface area contributed by atoms with Crippen molar-refractivity contribution in [1.29, 1.82) is 0 Å². The maximum atomic E-state index is 9.43. The summed E-state index contributed by atoms with van der Waals surface area (Å²) in [5.41, 5.74) is 0. The molecule has 0 aromatic carbocycles. The monoisotopic (exact) mass is 170 g/mol. The fourth-order valence-corrected chi connectivity index (χ4v) is 0.941. The number of hydrogen-bond donors (Lipinski definition) is 1. The van der Waals surface area contributed by atoms with E-state index in [9.17, 15) is 5.11 Å². The Bertz CT molecular complexity index is 235. The molecule has 1 N–H and O–H groups in total. The van der Waals surface area contributed by atoms with Crippen LogP contribution in [-0.4, -0.2) is 15.3 Å². The zero-order valence-electron chi connectivity index (χ0n) is 7.45. The second-order valence-electron chi connectivity index (χ2n) is 2.69. The summed E-state index contributed by atoms with van der Waals surface area (Å²) < 4.78 is 5.17. The molecule has 0 aliphatic rings. The van der Waals surface area contributed by atoms with Crippen LogP contribution in [0, 0.1) is 0 Å². The molecule has 1 aromatic heterocycles. The fraction of sp³-hybridized carbons (Fsp3) is 0.750. The van der Waals surface area contributed by atoms with Crippen LogP contribution in [0.4, 0.5) is 0 Å². The van der Waals surface area contributed by atoms with Crippen molar-refractivity contribution in [3.63, 3.8) is 0 Å². The summed E-state index contributed by atoms with van der Waals surface area (Å²) in [6.45, 7) is 3.93. The molecule has 4 nitrogen and oxygen atoms in total. The van der Waals surface area contributed by atoms with Gasteiger partial charge < -0.3 is 9.52 Å². The second kappa shape index (κ2) is 4.21. The van der Waals surface area contributed by atoms with Gasteiger partial charge in [-0.1, -0.05) is 20.3 Å². The first kappa shape index (κ1) is 9.19. The van der Waals surface area contributed by atoms with E-state index in [4.69, 9.17) is 4.42 Å². The van der Waals surface area contributed by atoms with Gasteiger partial charge in [0.1, 0.15) is 6.10 Å². The quantitative estimate of drug-likeness (QED) is 0.743. The third-order valence-electron chi connectivity index (χ3n) is 1.63. The van der Waals surface area contributed by atoms with Gasteiger partial charge in [-0.3, -0.25) is 0 Å². The molecule has 1 atom stereocenters. The lowest BCUT2D eigenvalue weighted by atomic mass is 10.2. The summed E-state index contributed by atoms with van der Waals surface area (Å²) in [7, 11) is 0. The van der Waals surface area contributed by atoms with E-state index in [0.717, 1.165) is 6.42 Å². The van der Waals surface area contributed by atoms with E-state index in [0.29, 0.717) is 24.6 Å². The lowest BCUT2D eigenvalue weighted by molar-refractivity contribution is 0.131. The fourth-order valence-electron chi connectivity index (χ4n) is 0.941. The lowest BCUT2D eigenvalue weighted by Gasteiger charge is -2.01. The maximum absolute atomic E-state index is 9.43. The van der Waals surface area contributed by atoms with E-state index in [1.54, 1.807) is 0 Å². The van der Waals surface area contributed by atoms with Crippen LogP contribution in [0.2, 0.25) is 0 Å². The van der Waals surface area contributed by atoms with Gasteiger partial charge >= 0.3 is 0 Å². The van der Waals surface area contributed by atoms with Gasteiger partial charge in [-0.05, 0) is 6.42 Å². The second-order valence-corrected chi connectivity index (χ2v) is 2.69. The molecule has 0 amide bonds. The Morgan fingerprint density at radius 2 is 2.17 bits per heavy atom. The van der Waals surface area contributed by atoms with Crippen molar-refractivity contribution < 1.29 is 9.52 Å². The number of nitrogens with zero attached hydrogens (tertiary/aromatic N) is 2. The largest absolute Gasteiger partial charge is 0.422 e. The Balaban J connectivity index is 2.61. The molecule has 0 radical (unpaired) electrons. The van der Waals surface area contributed by atoms with Gasteiger partial charge in [0.25, 0.3) is 0 Å². The van der Waals surface area contributed by atoms with Gasteiger partial charge in [0.05, 0.1) is 0 Å². The molecule has 1 rings (SSSR count). The summed E-state index contributed by atoms with van der Waals surface area (Å²) in [4.78, 5) is 0. The Hall–Kier alpha value is -0.900. The maximum Gasteiger partial charge on any atom is 0.244 e. The first-order chi connectivity index (χ1) is 5.77.